The maximum absolute atomic E-state index is 12.3. The number of nitrogens with zero attached hydrogens (tertiary/aromatic N) is 1. The second kappa shape index (κ2) is 7.57. The van der Waals surface area contributed by atoms with Gasteiger partial charge < -0.3 is 11.1 Å². The van der Waals surface area contributed by atoms with Gasteiger partial charge in [0.05, 0.1) is 6.54 Å². The van der Waals surface area contributed by atoms with Crippen molar-refractivity contribution < 1.29 is 4.79 Å². The standard InChI is InChI=1S/C17H27N3O/c1-3-14-7-6-8-15(11-14)19-17(21)12-20-10-5-4-9-16(20)13(2)18/h6-8,11,13,16H,3-5,9-10,12,18H2,1-2H3,(H,19,21). The van der Waals surface area contributed by atoms with E-state index in [9.17, 15) is 4.79 Å². The number of hydrogen-bond donors (Lipinski definition) is 2. The van der Waals surface area contributed by atoms with Crippen molar-refractivity contribution in [3.63, 3.8) is 0 Å². The molecular formula is C17H27N3O. The molecule has 1 aliphatic heterocycles. The minimum Gasteiger partial charge on any atom is -0.327 e. The Morgan fingerprint density at radius 3 is 3.00 bits per heavy atom. The van der Waals surface area contributed by atoms with E-state index in [-0.39, 0.29) is 11.9 Å². The van der Waals surface area contributed by atoms with E-state index in [0.29, 0.717) is 12.6 Å². The number of benzene rings is 1. The van der Waals surface area contributed by atoms with E-state index in [2.05, 4.69) is 23.2 Å². The highest BCUT2D eigenvalue weighted by atomic mass is 16.2. The normalized spacial score (nSPS) is 21.0. The molecule has 2 atom stereocenters. The van der Waals surface area contributed by atoms with Crippen LogP contribution in [0.25, 0.3) is 0 Å². The molecule has 4 heteroatoms. The summed E-state index contributed by atoms with van der Waals surface area (Å²) in [5, 5.41) is 3.00. The highest BCUT2D eigenvalue weighted by molar-refractivity contribution is 5.92. The lowest BCUT2D eigenvalue weighted by Crippen LogP contribution is -2.51. The molecule has 0 bridgehead atoms. The molecule has 1 fully saturated rings. The first-order valence-corrected chi connectivity index (χ1v) is 7.98. The minimum absolute atomic E-state index is 0.0517. The molecule has 1 aromatic rings. The van der Waals surface area contributed by atoms with Gasteiger partial charge in [-0.15, -0.1) is 0 Å². The second-order valence-corrected chi connectivity index (χ2v) is 5.99. The third-order valence-electron chi connectivity index (χ3n) is 4.24. The van der Waals surface area contributed by atoms with Gasteiger partial charge in [-0.3, -0.25) is 9.69 Å². The number of amides is 1. The highest BCUT2D eigenvalue weighted by Crippen LogP contribution is 2.19. The topological polar surface area (TPSA) is 58.4 Å². The predicted molar refractivity (Wildman–Crippen MR) is 87.3 cm³/mol. The van der Waals surface area contributed by atoms with Gasteiger partial charge in [-0.05, 0) is 50.4 Å². The number of anilines is 1. The Morgan fingerprint density at radius 1 is 1.48 bits per heavy atom. The summed E-state index contributed by atoms with van der Waals surface area (Å²) in [4.78, 5) is 14.5. The van der Waals surface area contributed by atoms with Crippen molar-refractivity contribution in [3.05, 3.63) is 29.8 Å². The van der Waals surface area contributed by atoms with E-state index in [1.807, 2.05) is 25.1 Å². The van der Waals surface area contributed by atoms with E-state index < -0.39 is 0 Å². The van der Waals surface area contributed by atoms with Gasteiger partial charge in [-0.1, -0.05) is 25.5 Å². The Bertz CT molecular complexity index is 473. The van der Waals surface area contributed by atoms with Gasteiger partial charge in [0.1, 0.15) is 0 Å². The van der Waals surface area contributed by atoms with Gasteiger partial charge in [0.2, 0.25) is 5.91 Å². The Kier molecular flexibility index (Phi) is 5.76. The summed E-state index contributed by atoms with van der Waals surface area (Å²) >= 11 is 0. The van der Waals surface area contributed by atoms with E-state index in [0.717, 1.165) is 31.5 Å². The summed E-state index contributed by atoms with van der Waals surface area (Å²) in [6.45, 7) is 5.55. The van der Waals surface area contributed by atoms with Gasteiger partial charge in [0.25, 0.3) is 0 Å². The molecule has 0 aromatic heterocycles. The van der Waals surface area contributed by atoms with Crippen LogP contribution in [-0.4, -0.2) is 36.0 Å². The largest absolute Gasteiger partial charge is 0.327 e. The van der Waals surface area contributed by atoms with Crippen LogP contribution in [0.5, 0.6) is 0 Å². The van der Waals surface area contributed by atoms with Crippen LogP contribution in [-0.2, 0) is 11.2 Å². The fourth-order valence-corrected chi connectivity index (χ4v) is 3.06. The molecule has 1 saturated heterocycles. The maximum Gasteiger partial charge on any atom is 0.238 e. The minimum atomic E-state index is 0.0517. The summed E-state index contributed by atoms with van der Waals surface area (Å²) in [5.41, 5.74) is 8.17. The molecule has 2 rings (SSSR count). The van der Waals surface area contributed by atoms with E-state index in [1.165, 1.54) is 12.0 Å². The van der Waals surface area contributed by atoms with Gasteiger partial charge in [0, 0.05) is 17.8 Å². The molecule has 0 saturated carbocycles. The molecular weight excluding hydrogens is 262 g/mol. The highest BCUT2D eigenvalue weighted by Gasteiger charge is 2.26. The average Bonchev–Trinajstić information content (AvgIpc) is 2.47. The monoisotopic (exact) mass is 289 g/mol. The van der Waals surface area contributed by atoms with Crippen molar-refractivity contribution in [3.8, 4) is 0 Å². The first-order valence-electron chi connectivity index (χ1n) is 7.98. The van der Waals surface area contributed by atoms with E-state index >= 15 is 0 Å². The number of piperidine rings is 1. The molecule has 3 N–H and O–H groups in total. The Labute approximate surface area is 127 Å². The third kappa shape index (κ3) is 4.55. The van der Waals surface area contributed by atoms with Crippen molar-refractivity contribution in [2.45, 2.75) is 51.6 Å². The van der Waals surface area contributed by atoms with E-state index in [4.69, 9.17) is 5.73 Å². The lowest BCUT2D eigenvalue weighted by Gasteiger charge is -2.37. The summed E-state index contributed by atoms with van der Waals surface area (Å²) in [7, 11) is 0. The van der Waals surface area contributed by atoms with Crippen molar-refractivity contribution >= 4 is 11.6 Å². The second-order valence-electron chi connectivity index (χ2n) is 5.99. The molecule has 0 aliphatic carbocycles. The molecule has 1 heterocycles. The van der Waals surface area contributed by atoms with Gasteiger partial charge in [-0.25, -0.2) is 0 Å². The van der Waals surface area contributed by atoms with Crippen LogP contribution in [0.2, 0.25) is 0 Å². The Morgan fingerprint density at radius 2 is 2.29 bits per heavy atom. The van der Waals surface area contributed by atoms with Crippen LogP contribution < -0.4 is 11.1 Å². The number of carbonyl (C=O) groups excluding carboxylic acids is 1. The molecule has 0 radical (unpaired) electrons. The Balaban J connectivity index is 1.93. The number of aryl methyl sites for hydroxylation is 1. The number of rotatable bonds is 5. The average molecular weight is 289 g/mol. The van der Waals surface area contributed by atoms with Crippen LogP contribution in [0.1, 0.15) is 38.7 Å². The molecule has 1 amide bonds. The zero-order chi connectivity index (χ0) is 15.2. The summed E-state index contributed by atoms with van der Waals surface area (Å²) in [6, 6.07) is 8.48. The molecule has 0 spiro atoms. The Hall–Kier alpha value is -1.39. The lowest BCUT2D eigenvalue weighted by atomic mass is 9.97. The quantitative estimate of drug-likeness (QED) is 0.875. The molecule has 21 heavy (non-hydrogen) atoms. The van der Waals surface area contributed by atoms with E-state index in [1.54, 1.807) is 0 Å². The molecule has 116 valence electrons. The summed E-state index contributed by atoms with van der Waals surface area (Å²) < 4.78 is 0. The van der Waals surface area contributed by atoms with Crippen LogP contribution in [0.15, 0.2) is 24.3 Å². The first-order chi connectivity index (χ1) is 10.1. The molecule has 4 nitrogen and oxygen atoms in total. The zero-order valence-corrected chi connectivity index (χ0v) is 13.1. The van der Waals surface area contributed by atoms with Crippen LogP contribution >= 0.6 is 0 Å². The summed E-state index contributed by atoms with van der Waals surface area (Å²) in [6.07, 6.45) is 4.43. The maximum atomic E-state index is 12.3. The number of likely N-dealkylation sites (tertiary alicyclic amines) is 1. The van der Waals surface area contributed by atoms with Crippen LogP contribution in [0.4, 0.5) is 5.69 Å². The van der Waals surface area contributed by atoms with Crippen molar-refractivity contribution in [1.29, 1.82) is 0 Å². The number of nitrogens with one attached hydrogen (secondary N) is 1. The van der Waals surface area contributed by atoms with Crippen molar-refractivity contribution in [2.75, 3.05) is 18.4 Å². The predicted octanol–water partition coefficient (Wildman–Crippen LogP) is 2.39. The third-order valence-corrected chi connectivity index (χ3v) is 4.24. The lowest BCUT2D eigenvalue weighted by molar-refractivity contribution is -0.118. The SMILES string of the molecule is CCc1cccc(NC(=O)CN2CCCCC2C(C)N)c1. The van der Waals surface area contributed by atoms with Crippen molar-refractivity contribution in [2.24, 2.45) is 5.73 Å². The smallest absolute Gasteiger partial charge is 0.238 e. The fraction of sp³-hybridized carbons (Fsp3) is 0.588. The first kappa shape index (κ1) is 16.0. The molecule has 2 unspecified atom stereocenters. The number of carbonyl (C=O) groups is 1. The zero-order valence-electron chi connectivity index (χ0n) is 13.1. The van der Waals surface area contributed by atoms with Gasteiger partial charge in [-0.2, -0.15) is 0 Å². The van der Waals surface area contributed by atoms with Gasteiger partial charge in [0.15, 0.2) is 0 Å². The number of nitrogens with two attached hydrogens (primary N) is 1. The number of hydrogen-bond acceptors (Lipinski definition) is 3. The molecule has 1 aromatic carbocycles. The molecule has 1 aliphatic rings. The van der Waals surface area contributed by atoms with Crippen LogP contribution in [0, 0.1) is 0 Å². The summed E-state index contributed by atoms with van der Waals surface area (Å²) in [5.74, 6) is 0.0517. The fourth-order valence-electron chi connectivity index (χ4n) is 3.06. The van der Waals surface area contributed by atoms with Gasteiger partial charge >= 0.3 is 0 Å². The van der Waals surface area contributed by atoms with Crippen molar-refractivity contribution in [1.82, 2.24) is 4.90 Å². The van der Waals surface area contributed by atoms with Crippen LogP contribution in [0.3, 0.4) is 0 Å².